The van der Waals surface area contributed by atoms with Crippen LogP contribution in [0.15, 0.2) is 28.8 Å². The molecule has 0 bridgehead atoms. The molecule has 1 aliphatic heterocycles. The van der Waals surface area contributed by atoms with Crippen LogP contribution in [-0.4, -0.2) is 34.1 Å². The van der Waals surface area contributed by atoms with Gasteiger partial charge in [-0.05, 0) is 43.2 Å². The van der Waals surface area contributed by atoms with Crippen LogP contribution in [0.4, 0.5) is 5.82 Å². The highest BCUT2D eigenvalue weighted by atomic mass is 16.5. The molecule has 7 nitrogen and oxygen atoms in total. The number of aromatic nitrogens is 3. The van der Waals surface area contributed by atoms with Crippen molar-refractivity contribution in [1.82, 2.24) is 20.4 Å². The fourth-order valence-corrected chi connectivity index (χ4v) is 4.50. The zero-order chi connectivity index (χ0) is 22.0. The number of piperidine rings is 1. The first-order valence-corrected chi connectivity index (χ1v) is 11.1. The number of hydrogen-bond donors (Lipinski definition) is 1. The van der Waals surface area contributed by atoms with Crippen molar-refractivity contribution in [1.29, 1.82) is 0 Å². The Kier molecular flexibility index (Phi) is 6.20. The van der Waals surface area contributed by atoms with Crippen molar-refractivity contribution >= 4 is 22.8 Å². The van der Waals surface area contributed by atoms with Crippen molar-refractivity contribution in [2.75, 3.05) is 18.0 Å². The predicted molar refractivity (Wildman–Crippen MR) is 121 cm³/mol. The Bertz CT molecular complexity index is 1070. The highest BCUT2D eigenvalue weighted by Gasteiger charge is 2.27. The van der Waals surface area contributed by atoms with Crippen molar-refractivity contribution in [3.05, 3.63) is 46.9 Å². The fraction of sp³-hybridized carbons (Fsp3) is 0.500. The number of carbonyl (C=O) groups is 1. The van der Waals surface area contributed by atoms with Crippen LogP contribution in [0.25, 0.3) is 11.1 Å². The molecule has 31 heavy (non-hydrogen) atoms. The van der Waals surface area contributed by atoms with E-state index >= 15 is 0 Å². The molecule has 0 unspecified atom stereocenters. The van der Waals surface area contributed by atoms with E-state index in [0.717, 1.165) is 35.6 Å². The summed E-state index contributed by atoms with van der Waals surface area (Å²) in [5, 5.41) is 8.00. The number of fused-ring (bicyclic) bond motifs is 1. The Morgan fingerprint density at radius 1 is 1.16 bits per heavy atom. The maximum atomic E-state index is 12.4. The third-order valence-electron chi connectivity index (χ3n) is 6.02. The van der Waals surface area contributed by atoms with E-state index in [4.69, 9.17) is 9.51 Å². The Morgan fingerprint density at radius 2 is 1.90 bits per heavy atom. The fourth-order valence-electron chi connectivity index (χ4n) is 4.50. The minimum Gasteiger partial charge on any atom is -0.355 e. The van der Waals surface area contributed by atoms with Gasteiger partial charge in [0.25, 0.3) is 5.71 Å². The van der Waals surface area contributed by atoms with Crippen LogP contribution < -0.4 is 10.2 Å². The van der Waals surface area contributed by atoms with Crippen LogP contribution in [0.3, 0.4) is 0 Å². The van der Waals surface area contributed by atoms with E-state index in [1.807, 2.05) is 38.1 Å². The SMILES string of the molecule is Cc1ccccc1CNC(=O)CCc1nc(N2C[C@@H](C)C[C@H](C)C2)c2c(C)noc2n1. The van der Waals surface area contributed by atoms with Crippen LogP contribution in [0.5, 0.6) is 0 Å². The summed E-state index contributed by atoms with van der Waals surface area (Å²) in [6, 6.07) is 8.07. The van der Waals surface area contributed by atoms with Crippen LogP contribution in [0, 0.1) is 25.7 Å². The maximum Gasteiger partial charge on any atom is 0.263 e. The van der Waals surface area contributed by atoms with E-state index in [1.54, 1.807) is 0 Å². The molecule has 1 aliphatic rings. The molecule has 2 atom stereocenters. The number of anilines is 1. The Hall–Kier alpha value is -2.96. The molecule has 1 fully saturated rings. The molecular weight excluding hydrogens is 390 g/mol. The number of benzene rings is 1. The summed E-state index contributed by atoms with van der Waals surface area (Å²) in [6.07, 6.45) is 2.01. The Balaban J connectivity index is 1.48. The first-order chi connectivity index (χ1) is 14.9. The van der Waals surface area contributed by atoms with Gasteiger partial charge in [0.05, 0.1) is 5.69 Å². The van der Waals surface area contributed by atoms with Gasteiger partial charge >= 0.3 is 0 Å². The standard InChI is InChI=1S/C24H31N5O2/c1-15-11-16(2)14-29(13-15)23-22-18(4)28-31-24(22)27-20(26-23)9-10-21(30)25-12-19-8-6-5-7-17(19)3/h5-8,15-16H,9-14H2,1-4H3,(H,25,30)/t15-,16-/m0/s1. The number of rotatable bonds is 6. The van der Waals surface area contributed by atoms with Gasteiger partial charge in [0.2, 0.25) is 5.91 Å². The lowest BCUT2D eigenvalue weighted by Crippen LogP contribution is -2.39. The van der Waals surface area contributed by atoms with E-state index in [1.165, 1.54) is 12.0 Å². The Labute approximate surface area is 183 Å². The first-order valence-electron chi connectivity index (χ1n) is 11.1. The van der Waals surface area contributed by atoms with Crippen molar-refractivity contribution < 1.29 is 9.32 Å². The third-order valence-corrected chi connectivity index (χ3v) is 6.02. The number of aryl methyl sites for hydroxylation is 3. The van der Waals surface area contributed by atoms with Gasteiger partial charge in [0.15, 0.2) is 0 Å². The number of amides is 1. The predicted octanol–water partition coefficient (Wildman–Crippen LogP) is 3.97. The minimum atomic E-state index is -0.0116. The average molecular weight is 422 g/mol. The zero-order valence-corrected chi connectivity index (χ0v) is 18.8. The van der Waals surface area contributed by atoms with Gasteiger partial charge in [-0.3, -0.25) is 4.79 Å². The van der Waals surface area contributed by atoms with Gasteiger partial charge in [0, 0.05) is 32.5 Å². The second-order valence-corrected chi connectivity index (χ2v) is 8.97. The first kappa shape index (κ1) is 21.3. The second-order valence-electron chi connectivity index (χ2n) is 8.97. The molecule has 1 saturated heterocycles. The van der Waals surface area contributed by atoms with Gasteiger partial charge in [-0.1, -0.05) is 43.3 Å². The summed E-state index contributed by atoms with van der Waals surface area (Å²) in [5.41, 5.74) is 3.61. The van der Waals surface area contributed by atoms with E-state index < -0.39 is 0 Å². The van der Waals surface area contributed by atoms with E-state index in [2.05, 4.69) is 34.2 Å². The van der Waals surface area contributed by atoms with Crippen molar-refractivity contribution in [3.8, 4) is 0 Å². The molecule has 1 amide bonds. The average Bonchev–Trinajstić information content (AvgIpc) is 3.11. The van der Waals surface area contributed by atoms with Crippen molar-refractivity contribution in [2.24, 2.45) is 11.8 Å². The molecule has 7 heteroatoms. The van der Waals surface area contributed by atoms with Crippen LogP contribution in [-0.2, 0) is 17.8 Å². The summed E-state index contributed by atoms with van der Waals surface area (Å²) in [6.45, 7) is 11.0. The molecule has 2 aromatic heterocycles. The monoisotopic (exact) mass is 421 g/mol. The largest absolute Gasteiger partial charge is 0.355 e. The molecule has 0 saturated carbocycles. The number of carbonyl (C=O) groups excluding carboxylic acids is 1. The summed E-state index contributed by atoms with van der Waals surface area (Å²) in [5.74, 6) is 2.70. The quantitative estimate of drug-likeness (QED) is 0.648. The molecule has 0 aliphatic carbocycles. The lowest BCUT2D eigenvalue weighted by Gasteiger charge is -2.36. The highest BCUT2D eigenvalue weighted by molar-refractivity contribution is 5.88. The van der Waals surface area contributed by atoms with E-state index in [9.17, 15) is 4.79 Å². The lowest BCUT2D eigenvalue weighted by atomic mass is 9.92. The van der Waals surface area contributed by atoms with Gasteiger partial charge < -0.3 is 14.7 Å². The van der Waals surface area contributed by atoms with E-state index in [-0.39, 0.29) is 5.91 Å². The molecule has 1 aromatic carbocycles. The van der Waals surface area contributed by atoms with Gasteiger partial charge in [-0.2, -0.15) is 4.98 Å². The Morgan fingerprint density at radius 3 is 2.65 bits per heavy atom. The van der Waals surface area contributed by atoms with Crippen molar-refractivity contribution in [2.45, 2.75) is 53.5 Å². The summed E-state index contributed by atoms with van der Waals surface area (Å²) < 4.78 is 5.47. The number of nitrogens with zero attached hydrogens (tertiary/aromatic N) is 4. The number of hydrogen-bond acceptors (Lipinski definition) is 6. The van der Waals surface area contributed by atoms with E-state index in [0.29, 0.717) is 42.8 Å². The molecule has 4 rings (SSSR count). The molecule has 3 aromatic rings. The highest BCUT2D eigenvalue weighted by Crippen LogP contribution is 2.31. The van der Waals surface area contributed by atoms with Crippen LogP contribution >= 0.6 is 0 Å². The maximum absolute atomic E-state index is 12.4. The van der Waals surface area contributed by atoms with Gasteiger partial charge in [-0.15, -0.1) is 0 Å². The third kappa shape index (κ3) is 4.86. The molecule has 1 N–H and O–H groups in total. The van der Waals surface area contributed by atoms with Crippen molar-refractivity contribution in [3.63, 3.8) is 0 Å². The summed E-state index contributed by atoms with van der Waals surface area (Å²) >= 11 is 0. The molecule has 0 spiro atoms. The lowest BCUT2D eigenvalue weighted by molar-refractivity contribution is -0.121. The molecule has 164 valence electrons. The summed E-state index contributed by atoms with van der Waals surface area (Å²) in [7, 11) is 0. The second kappa shape index (κ2) is 9.04. The minimum absolute atomic E-state index is 0.0116. The number of nitrogens with one attached hydrogen (secondary N) is 1. The molecule has 3 heterocycles. The van der Waals surface area contributed by atoms with Gasteiger partial charge in [0.1, 0.15) is 17.0 Å². The molecule has 0 radical (unpaired) electrons. The zero-order valence-electron chi connectivity index (χ0n) is 18.8. The van der Waals surface area contributed by atoms with Crippen LogP contribution in [0.1, 0.15) is 49.3 Å². The smallest absolute Gasteiger partial charge is 0.263 e. The topological polar surface area (TPSA) is 84.2 Å². The normalized spacial score (nSPS) is 19.0. The van der Waals surface area contributed by atoms with Crippen LogP contribution in [0.2, 0.25) is 0 Å². The molecular formula is C24H31N5O2. The summed E-state index contributed by atoms with van der Waals surface area (Å²) in [4.78, 5) is 24.2. The van der Waals surface area contributed by atoms with Gasteiger partial charge in [-0.25, -0.2) is 4.98 Å².